The van der Waals surface area contributed by atoms with Crippen LogP contribution in [-0.2, 0) is 0 Å². The van der Waals surface area contributed by atoms with Crippen molar-refractivity contribution >= 4 is 0 Å². The largest absolute Gasteiger partial charge is 0.0622 e. The first-order valence-electron chi connectivity index (χ1n) is 13.8. The Morgan fingerprint density at radius 1 is 0.150 bits per heavy atom. The molecule has 0 aromatic carbocycles. The van der Waals surface area contributed by atoms with Crippen LogP contribution >= 0.6 is 0 Å². The second-order valence-electron chi connectivity index (χ2n) is 10.3. The number of hydrogen-bond donors (Lipinski definition) is 0. The van der Waals surface area contributed by atoms with E-state index >= 15 is 0 Å². The van der Waals surface area contributed by atoms with E-state index in [-0.39, 0.29) is 0 Å². The molecule has 0 N–H and O–H groups in total. The number of rotatable bonds is 2. The maximum atomic E-state index is 2.27. The molecule has 0 radical (unpaired) electrons. The van der Waals surface area contributed by atoms with E-state index in [9.17, 15) is 0 Å². The summed E-state index contributed by atoms with van der Waals surface area (Å²) < 4.78 is 0. The van der Waals surface area contributed by atoms with Gasteiger partial charge in [0.15, 0.2) is 0 Å². The van der Waals surface area contributed by atoms with Crippen molar-refractivity contribution in [3.63, 3.8) is 0 Å². The summed E-state index contributed by atoms with van der Waals surface area (Å²) in [6.07, 6.45) is 0. The van der Waals surface area contributed by atoms with E-state index in [2.05, 4.69) is 170 Å². The first-order chi connectivity index (χ1) is 19.8. The Kier molecular flexibility index (Phi) is 6.28. The molecule has 0 aromatic heterocycles. The standard InChI is InChI=1S/2C20H14/c2*1-3-7-15-11-19(12-16(15)8-4-1)20-13-17-9-5-2-6-10-18(17)14-20/h2*1-14H. The van der Waals surface area contributed by atoms with Gasteiger partial charge in [-0.15, -0.1) is 0 Å². The summed E-state index contributed by atoms with van der Waals surface area (Å²) >= 11 is 0. The highest BCUT2D eigenvalue weighted by Crippen LogP contribution is 2.38. The van der Waals surface area contributed by atoms with Crippen LogP contribution in [0.5, 0.6) is 0 Å². The third kappa shape index (κ3) is 4.84. The zero-order chi connectivity index (χ0) is 26.7. The Hall–Kier alpha value is -5.20. The fourth-order valence-electron chi connectivity index (χ4n) is 5.53. The molecule has 0 saturated heterocycles. The molecule has 0 fully saturated rings. The minimum Gasteiger partial charge on any atom is -0.0622 e. The van der Waals surface area contributed by atoms with Crippen molar-refractivity contribution in [1.29, 1.82) is 0 Å². The van der Waals surface area contributed by atoms with E-state index in [4.69, 9.17) is 0 Å². The normalized spacial score (nSPS) is 11.0. The van der Waals surface area contributed by atoms with Crippen LogP contribution < -0.4 is 0 Å². The second-order valence-corrected chi connectivity index (χ2v) is 10.3. The first-order valence-corrected chi connectivity index (χ1v) is 13.8. The number of fused-ring (bicyclic) bond motifs is 4. The molecule has 0 aromatic rings. The van der Waals surface area contributed by atoms with Crippen LogP contribution in [0.1, 0.15) is 0 Å². The van der Waals surface area contributed by atoms with Gasteiger partial charge in [0.1, 0.15) is 0 Å². The molecule has 40 heavy (non-hydrogen) atoms. The lowest BCUT2D eigenvalue weighted by molar-refractivity contribution is 1.80. The van der Waals surface area contributed by atoms with Gasteiger partial charge >= 0.3 is 0 Å². The van der Waals surface area contributed by atoms with E-state index in [0.717, 1.165) is 0 Å². The van der Waals surface area contributed by atoms with Crippen molar-refractivity contribution in [3.8, 4) is 66.8 Å². The van der Waals surface area contributed by atoms with Gasteiger partial charge in [0, 0.05) is 0 Å². The fraction of sp³-hybridized carbons (Fsp3) is 0. The monoisotopic (exact) mass is 508 g/mol. The van der Waals surface area contributed by atoms with Crippen molar-refractivity contribution in [2.75, 3.05) is 0 Å². The molecule has 8 aliphatic rings. The molecule has 0 amide bonds. The van der Waals surface area contributed by atoms with Crippen molar-refractivity contribution in [1.82, 2.24) is 0 Å². The molecule has 0 aliphatic heterocycles. The van der Waals surface area contributed by atoms with Crippen LogP contribution in [0.2, 0.25) is 0 Å². The molecule has 0 saturated carbocycles. The highest BCUT2D eigenvalue weighted by atomic mass is 14.2. The van der Waals surface area contributed by atoms with Crippen molar-refractivity contribution in [2.24, 2.45) is 0 Å². The molecule has 188 valence electrons. The van der Waals surface area contributed by atoms with Crippen LogP contribution in [0.4, 0.5) is 0 Å². The van der Waals surface area contributed by atoms with Gasteiger partial charge in [-0.1, -0.05) is 121 Å². The van der Waals surface area contributed by atoms with Crippen LogP contribution in [0.25, 0.3) is 66.8 Å². The van der Waals surface area contributed by atoms with Gasteiger partial charge in [-0.25, -0.2) is 0 Å². The summed E-state index contributed by atoms with van der Waals surface area (Å²) in [5.74, 6) is 0. The van der Waals surface area contributed by atoms with Gasteiger partial charge < -0.3 is 0 Å². The van der Waals surface area contributed by atoms with Gasteiger partial charge in [0.2, 0.25) is 0 Å². The Balaban J connectivity index is 0.000000132. The molecule has 0 atom stereocenters. The third-order valence-electron chi connectivity index (χ3n) is 7.58. The van der Waals surface area contributed by atoms with Crippen molar-refractivity contribution < 1.29 is 0 Å². The molecule has 0 heterocycles. The zero-order valence-corrected chi connectivity index (χ0v) is 22.2. The Morgan fingerprint density at radius 2 is 0.300 bits per heavy atom. The molecule has 0 heteroatoms. The molecule has 0 nitrogen and oxygen atoms in total. The molecule has 8 rings (SSSR count). The minimum absolute atomic E-state index is 1.29. The Morgan fingerprint density at radius 3 is 0.450 bits per heavy atom. The lowest BCUT2D eigenvalue weighted by Gasteiger charge is -1.88. The zero-order valence-electron chi connectivity index (χ0n) is 22.2. The summed E-state index contributed by atoms with van der Waals surface area (Å²) in [5, 5.41) is 0. The van der Waals surface area contributed by atoms with E-state index in [1.165, 1.54) is 66.8 Å². The van der Waals surface area contributed by atoms with Crippen LogP contribution in [0, 0.1) is 0 Å². The average molecular weight is 509 g/mol. The summed E-state index contributed by atoms with van der Waals surface area (Å²) in [5.41, 5.74) is 15.5. The summed E-state index contributed by atoms with van der Waals surface area (Å²) in [6, 6.07) is 60.5. The van der Waals surface area contributed by atoms with Crippen LogP contribution in [0.15, 0.2) is 170 Å². The van der Waals surface area contributed by atoms with Crippen molar-refractivity contribution in [2.45, 2.75) is 0 Å². The van der Waals surface area contributed by atoms with Crippen LogP contribution in [0.3, 0.4) is 0 Å². The molecule has 0 spiro atoms. The molecule has 0 unspecified atom stereocenters. The van der Waals surface area contributed by atoms with E-state index in [1.807, 2.05) is 0 Å². The summed E-state index contributed by atoms with van der Waals surface area (Å²) in [6.45, 7) is 0. The average Bonchev–Trinajstić information content (AvgIpc) is 3.61. The van der Waals surface area contributed by atoms with Gasteiger partial charge in [-0.05, 0) is 115 Å². The van der Waals surface area contributed by atoms with Gasteiger partial charge in [-0.3, -0.25) is 0 Å². The fourth-order valence-corrected chi connectivity index (χ4v) is 5.53. The van der Waals surface area contributed by atoms with E-state index in [1.54, 1.807) is 0 Å². The molecular weight excluding hydrogens is 480 g/mol. The second kappa shape index (κ2) is 10.5. The van der Waals surface area contributed by atoms with E-state index in [0.29, 0.717) is 0 Å². The smallest absolute Gasteiger partial charge is 0.0171 e. The molecule has 8 aliphatic carbocycles. The predicted molar refractivity (Wildman–Crippen MR) is 170 cm³/mol. The maximum absolute atomic E-state index is 2.27. The quantitative estimate of drug-likeness (QED) is 0.218. The highest BCUT2D eigenvalue weighted by Gasteiger charge is 2.12. The van der Waals surface area contributed by atoms with Gasteiger partial charge in [-0.2, -0.15) is 0 Å². The first kappa shape index (κ1) is 23.9. The molecular formula is C40H28. The predicted octanol–water partition coefficient (Wildman–Crippen LogP) is 11.1. The van der Waals surface area contributed by atoms with Gasteiger partial charge in [0.05, 0.1) is 0 Å². The SMILES string of the molecule is c1ccc2cc(-c3cc4cccccc-4c3)cc-2cc1.c1ccc2cc(-c3cc4cccccc-4c3)cc-2cc1. The van der Waals surface area contributed by atoms with Crippen LogP contribution in [-0.4, -0.2) is 0 Å². The third-order valence-corrected chi connectivity index (χ3v) is 7.58. The molecule has 0 bridgehead atoms. The highest BCUT2D eigenvalue weighted by molar-refractivity contribution is 5.86. The number of hydrogen-bond acceptors (Lipinski definition) is 0. The van der Waals surface area contributed by atoms with Crippen molar-refractivity contribution in [3.05, 3.63) is 170 Å². The lowest BCUT2D eigenvalue weighted by Crippen LogP contribution is -1.62. The lowest BCUT2D eigenvalue weighted by atomic mass is 10.2. The summed E-state index contributed by atoms with van der Waals surface area (Å²) in [7, 11) is 0. The maximum Gasteiger partial charge on any atom is -0.0171 e. The van der Waals surface area contributed by atoms with Gasteiger partial charge in [0.25, 0.3) is 0 Å². The Bertz CT molecular complexity index is 1500. The Labute approximate surface area is 236 Å². The van der Waals surface area contributed by atoms with E-state index < -0.39 is 0 Å². The minimum atomic E-state index is 1.29. The topological polar surface area (TPSA) is 0 Å². The summed E-state index contributed by atoms with van der Waals surface area (Å²) in [4.78, 5) is 0.